The quantitative estimate of drug-likeness (QED) is 0.165. The lowest BCUT2D eigenvalue weighted by atomic mass is 9.33. The van der Waals surface area contributed by atoms with Gasteiger partial charge in [0.05, 0.1) is 15.9 Å². The van der Waals surface area contributed by atoms with Crippen LogP contribution in [-0.2, 0) is 32.5 Å². The Bertz CT molecular complexity index is 4430. The fraction of sp³-hybridized carbons (Fsp3) is 0.368. The number of furan rings is 1. The average Bonchev–Trinajstić information content (AvgIpc) is 2.74. The third-order valence-corrected chi connectivity index (χ3v) is 23.7. The van der Waals surface area contributed by atoms with Crippen LogP contribution in [0.15, 0.2) is 144 Å². The molecule has 0 bridgehead atoms. The van der Waals surface area contributed by atoms with Crippen LogP contribution in [0.5, 0.6) is 0 Å². The predicted molar refractivity (Wildman–Crippen MR) is 353 cm³/mol. The second-order valence-corrected chi connectivity index (χ2v) is 31.1. The van der Waals surface area contributed by atoms with Gasteiger partial charge in [-0.15, -0.1) is 11.3 Å². The zero-order valence-corrected chi connectivity index (χ0v) is 51.5. The first kappa shape index (κ1) is 50.9. The first-order valence-electron chi connectivity index (χ1n) is 30.9. The number of para-hydroxylation sites is 1. The molecular formula is C76H78BN3OS. The molecule has 3 aliphatic carbocycles. The summed E-state index contributed by atoms with van der Waals surface area (Å²) < 4.78 is 10.0. The lowest BCUT2D eigenvalue weighted by Crippen LogP contribution is -2.62. The number of fused-ring (bicyclic) bond motifs is 16. The molecule has 2 unspecified atom stereocenters. The van der Waals surface area contributed by atoms with Gasteiger partial charge in [-0.3, -0.25) is 0 Å². The normalized spacial score (nSPS) is 22.5. The number of hydrogen-bond donors (Lipinski definition) is 0. The largest absolute Gasteiger partial charge is 0.457 e. The van der Waals surface area contributed by atoms with E-state index in [0.29, 0.717) is 0 Å². The molecule has 6 heteroatoms. The molecular weight excluding hydrogens is 1010 g/mol. The number of hydrogen-bond acceptors (Lipinski definition) is 5. The van der Waals surface area contributed by atoms with Gasteiger partial charge in [-0.05, 0) is 189 Å². The van der Waals surface area contributed by atoms with Crippen LogP contribution in [0, 0.1) is 0 Å². The second kappa shape index (κ2) is 16.5. The van der Waals surface area contributed by atoms with E-state index in [1.165, 1.54) is 147 Å². The number of thiophene rings is 1. The van der Waals surface area contributed by atoms with Crippen LogP contribution in [0.2, 0.25) is 0 Å². The van der Waals surface area contributed by atoms with Crippen LogP contribution in [0.4, 0.5) is 45.5 Å². The summed E-state index contributed by atoms with van der Waals surface area (Å²) in [6, 6.07) is 55.6. The van der Waals surface area contributed by atoms with Crippen LogP contribution >= 0.6 is 11.3 Å². The molecule has 4 nitrogen and oxygen atoms in total. The summed E-state index contributed by atoms with van der Waals surface area (Å²) in [4.78, 5) is 8.34. The van der Waals surface area contributed by atoms with Crippen LogP contribution in [0.25, 0.3) is 42.1 Å². The van der Waals surface area contributed by atoms with Crippen molar-refractivity contribution in [3.63, 3.8) is 0 Å². The van der Waals surface area contributed by atoms with Crippen molar-refractivity contribution in [3.05, 3.63) is 173 Å². The van der Waals surface area contributed by atoms with Crippen molar-refractivity contribution >= 4 is 122 Å². The Morgan fingerprint density at radius 2 is 1.09 bits per heavy atom. The summed E-state index contributed by atoms with van der Waals surface area (Å²) in [5.41, 5.74) is 24.7. The van der Waals surface area contributed by atoms with E-state index in [1.807, 2.05) is 11.3 Å². The molecule has 8 aromatic carbocycles. The SMILES string of the molecule is CC(C)(C)c1ccc2c(c1)C1(C)CCCCC1(C)N2c1cc2c3c(c1)N(c1cccc4c1sc1ccccc14)c1ccc4c(oc5ccccc54)c1B3c1cc3c(cc1N2c1ccc2c(c1)C(C)(C)CCC2(C)C)C(C)(C)CCC3(C)C. The van der Waals surface area contributed by atoms with Gasteiger partial charge in [-0.1, -0.05) is 169 Å². The maximum Gasteiger partial charge on any atom is 0.257 e. The summed E-state index contributed by atoms with van der Waals surface area (Å²) >= 11 is 1.93. The van der Waals surface area contributed by atoms with Crippen molar-refractivity contribution in [1.29, 1.82) is 0 Å². The Hall–Kier alpha value is -6.76. The molecule has 5 heterocycles. The van der Waals surface area contributed by atoms with Gasteiger partial charge < -0.3 is 19.1 Å². The fourth-order valence-electron chi connectivity index (χ4n) is 17.2. The molecule has 6 aliphatic rings. The van der Waals surface area contributed by atoms with E-state index in [-0.39, 0.29) is 44.7 Å². The summed E-state index contributed by atoms with van der Waals surface area (Å²) in [6.07, 6.45) is 9.36. The highest BCUT2D eigenvalue weighted by molar-refractivity contribution is 7.26. The Kier molecular flexibility index (Phi) is 10.3. The van der Waals surface area contributed by atoms with Crippen LogP contribution in [0.1, 0.15) is 175 Å². The van der Waals surface area contributed by atoms with Gasteiger partial charge in [-0.25, -0.2) is 0 Å². The summed E-state index contributed by atoms with van der Waals surface area (Å²) in [7, 11) is 0. The summed E-state index contributed by atoms with van der Waals surface area (Å²) in [5.74, 6) is 0. The van der Waals surface area contributed by atoms with Crippen LogP contribution in [-0.4, -0.2) is 12.3 Å². The third-order valence-electron chi connectivity index (χ3n) is 22.5. The Balaban J connectivity index is 1.09. The molecule has 2 atom stereocenters. The molecule has 1 saturated carbocycles. The van der Waals surface area contributed by atoms with E-state index in [9.17, 15) is 0 Å². The minimum absolute atomic E-state index is 0.0110. The van der Waals surface area contributed by atoms with Gasteiger partial charge in [-0.2, -0.15) is 0 Å². The summed E-state index contributed by atoms with van der Waals surface area (Å²) in [5, 5.41) is 4.95. The van der Waals surface area contributed by atoms with E-state index in [0.717, 1.165) is 42.2 Å². The first-order chi connectivity index (χ1) is 39.0. The van der Waals surface area contributed by atoms with Crippen molar-refractivity contribution in [2.24, 2.45) is 0 Å². The number of nitrogens with zero attached hydrogens (tertiary/aromatic N) is 3. The predicted octanol–water partition coefficient (Wildman–Crippen LogP) is 19.8. The Morgan fingerprint density at radius 1 is 0.451 bits per heavy atom. The van der Waals surface area contributed by atoms with Gasteiger partial charge in [0, 0.05) is 71.5 Å². The lowest BCUT2D eigenvalue weighted by molar-refractivity contribution is 0.195. The van der Waals surface area contributed by atoms with E-state index in [2.05, 4.69) is 244 Å². The fourth-order valence-corrected chi connectivity index (χ4v) is 18.4. The number of rotatable bonds is 3. The standard InChI is InChI=1S/C76H78BN3OS/c1-70(2,3)45-27-31-58-56(39-45)75(12)33-18-19-34-76(75,13)80(58)47-41-62-66-63(42-47)79(60-24-20-23-51-49-22-15-17-26-65(49)82-69(51)60)59-32-29-50-48-21-14-16-25-64(48)81-68(50)67(59)77(66)57-43-54-55(74(10,11)38-37-73(54,8)9)44-61(57)78(62)46-28-30-52-53(40-46)72(6,7)36-35-71(52,4)5/h14-17,20-32,39-44H,18-19,33-38H2,1-13H3. The highest BCUT2D eigenvalue weighted by Crippen LogP contribution is 2.63. The molecule has 82 heavy (non-hydrogen) atoms. The van der Waals surface area contributed by atoms with E-state index >= 15 is 0 Å². The van der Waals surface area contributed by atoms with Crippen molar-refractivity contribution in [1.82, 2.24) is 0 Å². The van der Waals surface area contributed by atoms with Gasteiger partial charge in [0.25, 0.3) is 6.71 Å². The third kappa shape index (κ3) is 6.74. The molecule has 3 aliphatic heterocycles. The van der Waals surface area contributed by atoms with Crippen LogP contribution < -0.4 is 31.1 Å². The molecule has 16 rings (SSSR count). The van der Waals surface area contributed by atoms with E-state index in [4.69, 9.17) is 4.42 Å². The van der Waals surface area contributed by atoms with Crippen molar-refractivity contribution in [2.45, 2.75) is 179 Å². The molecule has 0 spiro atoms. The molecule has 2 aromatic heterocycles. The highest BCUT2D eigenvalue weighted by Gasteiger charge is 2.59. The maximum atomic E-state index is 7.41. The molecule has 10 aromatic rings. The number of benzene rings is 8. The number of anilines is 8. The van der Waals surface area contributed by atoms with Gasteiger partial charge in [0.1, 0.15) is 11.2 Å². The van der Waals surface area contributed by atoms with Crippen molar-refractivity contribution in [2.75, 3.05) is 14.7 Å². The van der Waals surface area contributed by atoms with E-state index < -0.39 is 0 Å². The van der Waals surface area contributed by atoms with Gasteiger partial charge in [0.2, 0.25) is 0 Å². The Labute approximate surface area is 490 Å². The molecule has 1 fully saturated rings. The minimum Gasteiger partial charge on any atom is -0.457 e. The van der Waals surface area contributed by atoms with Crippen molar-refractivity contribution < 1.29 is 4.42 Å². The van der Waals surface area contributed by atoms with E-state index in [1.54, 1.807) is 0 Å². The monoisotopic (exact) mass is 1090 g/mol. The van der Waals surface area contributed by atoms with Gasteiger partial charge in [0.15, 0.2) is 0 Å². The topological polar surface area (TPSA) is 22.9 Å². The molecule has 0 radical (unpaired) electrons. The Morgan fingerprint density at radius 3 is 1.83 bits per heavy atom. The molecule has 0 N–H and O–H groups in total. The van der Waals surface area contributed by atoms with Crippen LogP contribution in [0.3, 0.4) is 0 Å². The highest BCUT2D eigenvalue weighted by atomic mass is 32.1. The second-order valence-electron chi connectivity index (χ2n) is 30.1. The smallest absolute Gasteiger partial charge is 0.257 e. The zero-order valence-electron chi connectivity index (χ0n) is 50.7. The molecule has 0 saturated heterocycles. The molecule has 412 valence electrons. The maximum absolute atomic E-state index is 7.41. The summed E-state index contributed by atoms with van der Waals surface area (Å²) in [6.45, 7) is 32.2. The molecule has 0 amide bonds. The van der Waals surface area contributed by atoms with Gasteiger partial charge >= 0.3 is 0 Å². The minimum atomic E-state index is -0.179. The lowest BCUT2D eigenvalue weighted by Gasteiger charge is -2.51. The first-order valence-corrected chi connectivity index (χ1v) is 31.7. The zero-order chi connectivity index (χ0) is 56.6. The average molecular weight is 1090 g/mol. The van der Waals surface area contributed by atoms with Crippen molar-refractivity contribution in [3.8, 4) is 0 Å².